The quantitative estimate of drug-likeness (QED) is 0.151. The summed E-state index contributed by atoms with van der Waals surface area (Å²) in [5, 5.41) is 12.6. The van der Waals surface area contributed by atoms with Crippen molar-refractivity contribution >= 4 is 152 Å². The Kier molecular flexibility index (Phi) is 9.64. The van der Waals surface area contributed by atoms with Crippen LogP contribution in [0.2, 0.25) is 0 Å². The van der Waals surface area contributed by atoms with Crippen molar-refractivity contribution in [2.45, 2.75) is 0 Å². The second-order valence-corrected chi connectivity index (χ2v) is 21.9. The van der Waals surface area contributed by atoms with Crippen molar-refractivity contribution in [1.82, 2.24) is 9.13 Å². The Morgan fingerprint density at radius 3 is 0.974 bits per heavy atom. The Balaban J connectivity index is 0.809. The summed E-state index contributed by atoms with van der Waals surface area (Å²) in [6.45, 7) is 0. The van der Waals surface area contributed by atoms with E-state index in [1.807, 2.05) is 22.7 Å². The van der Waals surface area contributed by atoms with Crippen molar-refractivity contribution in [2.75, 3.05) is 9.80 Å². The lowest BCUT2D eigenvalue weighted by Gasteiger charge is -2.26. The molecule has 4 heterocycles. The summed E-state index contributed by atoms with van der Waals surface area (Å²) in [7, 11) is 0. The number of para-hydroxylation sites is 6. The van der Waals surface area contributed by atoms with Crippen LogP contribution in [0.15, 0.2) is 267 Å². The highest BCUT2D eigenvalue weighted by Gasteiger charge is 2.21. The number of benzene rings is 12. The molecule has 0 radical (unpaired) electrons. The van der Waals surface area contributed by atoms with Crippen molar-refractivity contribution in [1.29, 1.82) is 0 Å². The third kappa shape index (κ3) is 6.75. The highest BCUT2D eigenvalue weighted by Crippen LogP contribution is 2.47. The summed E-state index contributed by atoms with van der Waals surface area (Å²) in [4.78, 5) is 4.82. The minimum absolute atomic E-state index is 1.12. The molecular formula is C70H44N4S2. The third-order valence-corrected chi connectivity index (χ3v) is 17.7. The zero-order chi connectivity index (χ0) is 49.8. The zero-order valence-electron chi connectivity index (χ0n) is 41.0. The second-order valence-electron chi connectivity index (χ2n) is 19.7. The second kappa shape index (κ2) is 17.0. The Morgan fingerprint density at radius 2 is 0.553 bits per heavy atom. The van der Waals surface area contributed by atoms with Crippen LogP contribution in [-0.2, 0) is 0 Å². The molecule has 16 aromatic rings. The average molecular weight is 1010 g/mol. The standard InChI is InChI=1S/C70H44N4S2/c1-5-17-47(18-6-1)71(51-29-33-65-57(41-51)55-25-13-15-27-63(55)73(65)49-21-9-3-10-22-49)53-31-35-67-61(43-53)59-37-45-40-70-60(38-46(45)39-69(59)75-67)62-44-54(32-36-68(62)76-70)72(48-19-7-2-8-20-48)52-30-34-66-58(42-52)56-26-14-16-28-64(56)74(66)50-23-11-4-12-24-50/h1-44H. The Labute approximate surface area is 446 Å². The summed E-state index contributed by atoms with van der Waals surface area (Å²) in [5.41, 5.74) is 13.8. The molecule has 0 aliphatic carbocycles. The Hall–Kier alpha value is -9.46. The molecule has 4 aromatic heterocycles. The van der Waals surface area contributed by atoms with Gasteiger partial charge < -0.3 is 18.9 Å². The largest absolute Gasteiger partial charge is 0.310 e. The molecule has 0 amide bonds. The van der Waals surface area contributed by atoms with Gasteiger partial charge in [-0.25, -0.2) is 0 Å². The van der Waals surface area contributed by atoms with Crippen molar-refractivity contribution in [3.8, 4) is 11.4 Å². The number of thiophene rings is 2. The number of fused-ring (bicyclic) bond motifs is 13. The molecule has 0 spiro atoms. The molecule has 356 valence electrons. The maximum absolute atomic E-state index is 2.43. The first-order chi connectivity index (χ1) is 37.7. The molecule has 6 heteroatoms. The van der Waals surface area contributed by atoms with Gasteiger partial charge in [-0.15, -0.1) is 22.7 Å². The van der Waals surface area contributed by atoms with Gasteiger partial charge in [-0.2, -0.15) is 0 Å². The van der Waals surface area contributed by atoms with Gasteiger partial charge in [-0.3, -0.25) is 0 Å². The van der Waals surface area contributed by atoms with Crippen molar-refractivity contribution in [3.63, 3.8) is 0 Å². The van der Waals surface area contributed by atoms with Crippen LogP contribution in [0.3, 0.4) is 0 Å². The van der Waals surface area contributed by atoms with Crippen LogP contribution in [0.1, 0.15) is 0 Å². The minimum atomic E-state index is 1.12. The van der Waals surface area contributed by atoms with E-state index in [1.165, 1.54) is 94.7 Å². The van der Waals surface area contributed by atoms with E-state index < -0.39 is 0 Å². The van der Waals surface area contributed by atoms with Gasteiger partial charge in [0.1, 0.15) is 0 Å². The number of aromatic nitrogens is 2. The van der Waals surface area contributed by atoms with E-state index in [2.05, 4.69) is 286 Å². The molecule has 0 aliphatic heterocycles. The predicted octanol–water partition coefficient (Wildman–Crippen LogP) is 20.7. The molecule has 4 nitrogen and oxygen atoms in total. The zero-order valence-corrected chi connectivity index (χ0v) is 42.6. The van der Waals surface area contributed by atoms with Gasteiger partial charge in [0.2, 0.25) is 0 Å². The highest BCUT2D eigenvalue weighted by molar-refractivity contribution is 7.26. The van der Waals surface area contributed by atoms with Gasteiger partial charge in [0.15, 0.2) is 0 Å². The maximum Gasteiger partial charge on any atom is 0.0542 e. The van der Waals surface area contributed by atoms with Crippen molar-refractivity contribution < 1.29 is 0 Å². The average Bonchev–Trinajstić information content (AvgIpc) is 4.27. The highest BCUT2D eigenvalue weighted by atomic mass is 32.1. The van der Waals surface area contributed by atoms with Gasteiger partial charge in [-0.1, -0.05) is 109 Å². The van der Waals surface area contributed by atoms with Crippen LogP contribution in [0.5, 0.6) is 0 Å². The van der Waals surface area contributed by atoms with E-state index in [0.29, 0.717) is 0 Å². The number of anilines is 6. The third-order valence-electron chi connectivity index (χ3n) is 15.4. The molecule has 0 N–H and O–H groups in total. The summed E-state index contributed by atoms with van der Waals surface area (Å²) in [6.07, 6.45) is 0. The lowest BCUT2D eigenvalue weighted by molar-refractivity contribution is 1.18. The first kappa shape index (κ1) is 43.0. The van der Waals surface area contributed by atoms with Crippen LogP contribution < -0.4 is 9.80 Å². The molecular weight excluding hydrogens is 961 g/mol. The summed E-state index contributed by atoms with van der Waals surface area (Å²) >= 11 is 3.76. The van der Waals surface area contributed by atoms with Gasteiger partial charge in [-0.05, 0) is 168 Å². The summed E-state index contributed by atoms with van der Waals surface area (Å²) < 4.78 is 9.91. The summed E-state index contributed by atoms with van der Waals surface area (Å²) in [6, 6.07) is 98.1. The molecule has 12 aromatic carbocycles. The Bertz CT molecular complexity index is 4620. The van der Waals surface area contributed by atoms with Crippen LogP contribution in [0.4, 0.5) is 34.1 Å². The van der Waals surface area contributed by atoms with E-state index in [9.17, 15) is 0 Å². The molecule has 0 saturated heterocycles. The molecule has 16 rings (SSSR count). The smallest absolute Gasteiger partial charge is 0.0542 e. The van der Waals surface area contributed by atoms with Gasteiger partial charge in [0.25, 0.3) is 0 Å². The molecule has 0 saturated carbocycles. The van der Waals surface area contributed by atoms with E-state index >= 15 is 0 Å². The molecule has 0 fully saturated rings. The Morgan fingerprint density at radius 1 is 0.224 bits per heavy atom. The van der Waals surface area contributed by atoms with E-state index in [4.69, 9.17) is 0 Å². The van der Waals surface area contributed by atoms with Gasteiger partial charge in [0.05, 0.1) is 22.1 Å². The van der Waals surface area contributed by atoms with Crippen molar-refractivity contribution in [3.05, 3.63) is 267 Å². The number of rotatable bonds is 8. The first-order valence-corrected chi connectivity index (χ1v) is 27.4. The van der Waals surface area contributed by atoms with Gasteiger partial charge in [0, 0.05) is 107 Å². The van der Waals surface area contributed by atoms with Crippen molar-refractivity contribution in [2.24, 2.45) is 0 Å². The first-order valence-electron chi connectivity index (χ1n) is 25.8. The molecule has 76 heavy (non-hydrogen) atoms. The number of nitrogens with zero attached hydrogens (tertiary/aromatic N) is 4. The maximum atomic E-state index is 2.43. The fourth-order valence-electron chi connectivity index (χ4n) is 12.0. The van der Waals surface area contributed by atoms with Crippen LogP contribution in [0.25, 0.3) is 106 Å². The molecule has 0 aliphatic rings. The monoisotopic (exact) mass is 1000 g/mol. The van der Waals surface area contributed by atoms with E-state index in [0.717, 1.165) is 45.5 Å². The van der Waals surface area contributed by atoms with Crippen LogP contribution in [-0.4, -0.2) is 9.13 Å². The van der Waals surface area contributed by atoms with Gasteiger partial charge >= 0.3 is 0 Å². The fourth-order valence-corrected chi connectivity index (χ4v) is 14.2. The minimum Gasteiger partial charge on any atom is -0.310 e. The topological polar surface area (TPSA) is 16.3 Å². The SMILES string of the molecule is c1ccc(N(c2ccc3sc4cc5cc6c(cc5cc4c3c2)sc2ccc(N(c3ccccc3)c3ccc4c(c3)c3ccccc3n4-c3ccccc3)cc26)c2ccc3c(c2)c2ccccc2n3-c2ccccc2)cc1. The number of hydrogen-bond donors (Lipinski definition) is 0. The lowest BCUT2D eigenvalue weighted by Crippen LogP contribution is -2.09. The molecule has 0 unspecified atom stereocenters. The summed E-state index contributed by atoms with van der Waals surface area (Å²) in [5.74, 6) is 0. The van der Waals surface area contributed by atoms with E-state index in [1.54, 1.807) is 0 Å². The normalized spacial score (nSPS) is 11.9. The number of hydrogen-bond acceptors (Lipinski definition) is 4. The molecule has 0 bridgehead atoms. The lowest BCUT2D eigenvalue weighted by atomic mass is 10.0. The fraction of sp³-hybridized carbons (Fsp3) is 0. The van der Waals surface area contributed by atoms with E-state index in [-0.39, 0.29) is 0 Å². The predicted molar refractivity (Wildman–Crippen MR) is 328 cm³/mol. The van der Waals surface area contributed by atoms with Crippen LogP contribution >= 0.6 is 22.7 Å². The van der Waals surface area contributed by atoms with Crippen LogP contribution in [0, 0.1) is 0 Å². The molecule has 0 atom stereocenters.